The van der Waals surface area contributed by atoms with Crippen LogP contribution in [-0.2, 0) is 9.31 Å². The van der Waals surface area contributed by atoms with Gasteiger partial charge in [0.25, 0.3) is 23.6 Å². The van der Waals surface area contributed by atoms with Crippen molar-refractivity contribution in [1.29, 1.82) is 0 Å². The van der Waals surface area contributed by atoms with Gasteiger partial charge < -0.3 is 28.7 Å². The molecule has 4 aromatic rings. The molecular formula is C54H76B2N8O10. The van der Waals surface area contributed by atoms with Crippen LogP contribution in [0.4, 0.5) is 0 Å². The molecule has 0 aliphatic carbocycles. The lowest BCUT2D eigenvalue weighted by Crippen LogP contribution is -2.56. The zero-order chi connectivity index (χ0) is 55.8. The topological polar surface area (TPSA) is 227 Å². The molecular weight excluding hydrogens is 942 g/mol. The number of nitrogens with one attached hydrogen (secondary N) is 3. The van der Waals surface area contributed by atoms with Gasteiger partial charge in [-0.2, -0.15) is 5.10 Å². The third-order valence-corrected chi connectivity index (χ3v) is 12.7. The van der Waals surface area contributed by atoms with Gasteiger partial charge in [-0.25, -0.2) is 10.0 Å². The number of hydrazone groups is 1. The maximum absolute atomic E-state index is 13.7. The molecule has 2 aliphatic rings. The summed E-state index contributed by atoms with van der Waals surface area (Å²) in [5.41, 5.74) is 10.3. The van der Waals surface area contributed by atoms with E-state index in [9.17, 15) is 29.0 Å². The minimum atomic E-state index is -0.963. The first-order valence-electron chi connectivity index (χ1n) is 24.5. The molecule has 6 rings (SSSR count). The quantitative estimate of drug-likeness (QED) is 0.0541. The van der Waals surface area contributed by atoms with Gasteiger partial charge in [-0.3, -0.25) is 46.1 Å². The molecule has 1 fully saturated rings. The average molecular weight is 1020 g/mol. The Morgan fingerprint density at radius 2 is 1.15 bits per heavy atom. The monoisotopic (exact) mass is 1020 g/mol. The van der Waals surface area contributed by atoms with Crippen molar-refractivity contribution in [3.63, 3.8) is 0 Å². The number of ether oxygens (including phenoxy) is 2. The molecule has 0 bridgehead atoms. The van der Waals surface area contributed by atoms with E-state index in [0.29, 0.717) is 68.1 Å². The van der Waals surface area contributed by atoms with Crippen LogP contribution in [0.2, 0.25) is 0 Å². The van der Waals surface area contributed by atoms with Crippen LogP contribution in [0.1, 0.15) is 165 Å². The molecule has 4 aromatic carbocycles. The second kappa shape index (κ2) is 24.2. The minimum Gasteiger partial charge on any atom is -0.496 e. The number of methoxy groups -OCH3 is 2. The summed E-state index contributed by atoms with van der Waals surface area (Å²) in [5.74, 6) is 4.42. The number of amides is 4. The van der Waals surface area contributed by atoms with Crippen LogP contribution in [0.15, 0.2) is 77.9 Å². The number of benzene rings is 4. The first-order valence-corrected chi connectivity index (χ1v) is 24.5. The second-order valence-electron chi connectivity index (χ2n) is 21.6. The van der Waals surface area contributed by atoms with Gasteiger partial charge in [0.05, 0.1) is 42.7 Å². The lowest BCUT2D eigenvalue weighted by atomic mass is 9.68. The van der Waals surface area contributed by atoms with Crippen molar-refractivity contribution in [2.45, 2.75) is 145 Å². The average Bonchev–Trinajstić information content (AvgIpc) is 3.56. The number of aldehydes is 1. The van der Waals surface area contributed by atoms with E-state index in [4.69, 9.17) is 24.6 Å². The van der Waals surface area contributed by atoms with Gasteiger partial charge in [-0.1, -0.05) is 24.3 Å². The third-order valence-electron chi connectivity index (χ3n) is 12.7. The molecule has 0 aromatic heterocycles. The molecule has 2 heterocycles. The van der Waals surface area contributed by atoms with Crippen molar-refractivity contribution in [3.8, 4) is 11.5 Å². The van der Waals surface area contributed by atoms with Gasteiger partial charge in [0.1, 0.15) is 17.8 Å². The molecule has 0 spiro atoms. The zero-order valence-corrected chi connectivity index (χ0v) is 46.4. The molecule has 2 aliphatic heterocycles. The van der Waals surface area contributed by atoms with Crippen LogP contribution in [0.5, 0.6) is 11.5 Å². The lowest BCUT2D eigenvalue weighted by Gasteiger charge is -2.36. The second-order valence-corrected chi connectivity index (χ2v) is 21.6. The Hall–Kier alpha value is -6.57. The Balaban J connectivity index is 0.000000294. The number of fused-ring (bicyclic) bond motifs is 1. The number of rotatable bonds is 10. The number of carbonyl (C=O) groups is 5. The van der Waals surface area contributed by atoms with Gasteiger partial charge in [0.15, 0.2) is 0 Å². The SMILES string of the molecule is CC(C)NN.COc1cccc(C(=O)NN(C(=O)c2ccc(C=O)c(B3OC(C)(C)C(C)(C)O3)c2)C(C)(C)C)c1C.COc1cccc(C(=O)NN(C(=O)c2ccc3c(c2)B(O)N(C(C)C)N=C3)C(C)(C)C)c1C. The summed E-state index contributed by atoms with van der Waals surface area (Å²) < 4.78 is 22.9. The highest BCUT2D eigenvalue weighted by atomic mass is 16.7. The van der Waals surface area contributed by atoms with Gasteiger partial charge >= 0.3 is 14.2 Å². The summed E-state index contributed by atoms with van der Waals surface area (Å²) in [5, 5.41) is 17.7. The summed E-state index contributed by atoms with van der Waals surface area (Å²) in [6.07, 6.45) is 2.38. The Kier molecular flexibility index (Phi) is 19.6. The van der Waals surface area contributed by atoms with E-state index >= 15 is 0 Å². The van der Waals surface area contributed by atoms with E-state index in [2.05, 4.69) is 21.4 Å². The standard InChI is InChI=1S/C27H35BN2O6.C24H31BN4O4.C3H10N2/c1-17-20(11-10-12-22(17)34-9)23(32)29-30(25(2,3)4)24(33)18-13-14-19(16-31)21(15-18)28-35-26(5,6)27(7,8)36-28;1-15(2)29-25(32)20-13-17(11-12-18(20)14-26-29)23(31)28(24(4,5)6)27-22(30)19-9-8-10-21(33-7)16(19)3;1-3(2)5-4/h10-16H,1-9H3,(H,29,32);8-15,32H,1-7H3,(H,27,30);3,5H,4H2,1-2H3. The first-order chi connectivity index (χ1) is 34.3. The number of hydrazine groups is 3. The van der Waals surface area contributed by atoms with E-state index in [1.54, 1.807) is 105 Å². The molecule has 20 heteroatoms. The normalized spacial score (nSPS) is 14.5. The molecule has 0 radical (unpaired) electrons. The highest BCUT2D eigenvalue weighted by Gasteiger charge is 2.52. The van der Waals surface area contributed by atoms with Crippen molar-refractivity contribution in [3.05, 3.63) is 117 Å². The lowest BCUT2D eigenvalue weighted by molar-refractivity contribution is 0.00578. The third kappa shape index (κ3) is 14.0. The van der Waals surface area contributed by atoms with Gasteiger partial charge in [-0.05, 0) is 176 Å². The van der Waals surface area contributed by atoms with Crippen molar-refractivity contribution in [1.82, 2.24) is 31.2 Å². The van der Waals surface area contributed by atoms with Crippen molar-refractivity contribution < 1.29 is 47.8 Å². The Morgan fingerprint density at radius 1 is 0.730 bits per heavy atom. The highest BCUT2D eigenvalue weighted by Crippen LogP contribution is 2.37. The molecule has 0 atom stereocenters. The largest absolute Gasteiger partial charge is 0.496 e. The zero-order valence-electron chi connectivity index (χ0n) is 46.4. The summed E-state index contributed by atoms with van der Waals surface area (Å²) in [6.45, 7) is 30.0. The van der Waals surface area contributed by atoms with Crippen LogP contribution < -0.4 is 42.5 Å². The minimum absolute atomic E-state index is 0.0137. The van der Waals surface area contributed by atoms with Crippen LogP contribution in [0, 0.1) is 13.8 Å². The molecule has 0 saturated carbocycles. The Morgan fingerprint density at radius 3 is 1.53 bits per heavy atom. The maximum Gasteiger partial charge on any atom is 0.495 e. The van der Waals surface area contributed by atoms with Crippen LogP contribution in [0.3, 0.4) is 0 Å². The molecule has 74 heavy (non-hydrogen) atoms. The molecule has 0 unspecified atom stereocenters. The molecule has 6 N–H and O–H groups in total. The highest BCUT2D eigenvalue weighted by molar-refractivity contribution is 6.65. The maximum atomic E-state index is 13.7. The van der Waals surface area contributed by atoms with Gasteiger partial charge in [-0.15, -0.1) is 0 Å². The van der Waals surface area contributed by atoms with Crippen molar-refractivity contribution in [2.75, 3.05) is 14.2 Å². The van der Waals surface area contributed by atoms with E-state index < -0.39 is 54.2 Å². The van der Waals surface area contributed by atoms with Gasteiger partial charge in [0, 0.05) is 51.0 Å². The number of nitrogens with zero attached hydrogens (tertiary/aromatic N) is 4. The predicted molar refractivity (Wildman–Crippen MR) is 291 cm³/mol. The van der Waals surface area contributed by atoms with Crippen LogP contribution >= 0.6 is 0 Å². The fourth-order valence-electron chi connectivity index (χ4n) is 7.58. The van der Waals surface area contributed by atoms with Crippen molar-refractivity contribution >= 4 is 61.2 Å². The smallest absolute Gasteiger partial charge is 0.495 e. The fourth-order valence-corrected chi connectivity index (χ4v) is 7.58. The molecule has 4 amide bonds. The van der Waals surface area contributed by atoms with E-state index in [-0.39, 0.29) is 17.5 Å². The number of hydrogen-bond donors (Lipinski definition) is 5. The molecule has 398 valence electrons. The molecule has 18 nitrogen and oxygen atoms in total. The van der Waals surface area contributed by atoms with Crippen molar-refractivity contribution in [2.24, 2.45) is 10.9 Å². The molecule has 1 saturated heterocycles. The summed E-state index contributed by atoms with van der Waals surface area (Å²) in [7, 11) is 1.30. The van der Waals surface area contributed by atoms with Crippen LogP contribution in [-0.4, -0.2) is 119 Å². The van der Waals surface area contributed by atoms with Crippen LogP contribution in [0.25, 0.3) is 0 Å². The summed E-state index contributed by atoms with van der Waals surface area (Å²) >= 11 is 0. The fraction of sp³-hybridized carbons (Fsp3) is 0.444. The van der Waals surface area contributed by atoms with E-state index in [1.165, 1.54) is 17.1 Å². The first kappa shape index (κ1) is 60.0. The predicted octanol–water partition coefficient (Wildman–Crippen LogP) is 5.89. The van der Waals surface area contributed by atoms with Gasteiger partial charge in [0.2, 0.25) is 0 Å². The summed E-state index contributed by atoms with van der Waals surface area (Å²) in [6, 6.07) is 20.6. The van der Waals surface area contributed by atoms with E-state index in [0.717, 1.165) is 5.56 Å². The number of nitrogens with two attached hydrogens (primary N) is 1. The number of hydrogen-bond acceptors (Lipinski definition) is 14. The summed E-state index contributed by atoms with van der Waals surface area (Å²) in [4.78, 5) is 66.9. The Bertz CT molecular complexity index is 2700. The van der Waals surface area contributed by atoms with E-state index in [1.807, 2.05) is 96.9 Å². The Labute approximate surface area is 437 Å². The number of carbonyl (C=O) groups excluding carboxylic acids is 5.